The van der Waals surface area contributed by atoms with Gasteiger partial charge in [-0.2, -0.15) is 5.10 Å². The standard InChI is InChI=1S/C14H16Cl2N4S/c1-8(11-7-20(3)19-9(11)2)17-14(21)18-13-6-10(15)4-5-12(13)16/h4-8H,1-3H3,(H2,17,18,21). The van der Waals surface area contributed by atoms with Crippen LogP contribution in [0.5, 0.6) is 0 Å². The maximum Gasteiger partial charge on any atom is 0.171 e. The van der Waals surface area contributed by atoms with Crippen molar-refractivity contribution in [2.75, 3.05) is 5.32 Å². The Kier molecular flexibility index (Phi) is 5.08. The third-order valence-corrected chi connectivity index (χ3v) is 3.83. The van der Waals surface area contributed by atoms with Gasteiger partial charge in [-0.05, 0) is 44.3 Å². The number of hydrogen-bond acceptors (Lipinski definition) is 2. The molecule has 1 atom stereocenters. The van der Waals surface area contributed by atoms with Gasteiger partial charge in [-0.1, -0.05) is 23.2 Å². The van der Waals surface area contributed by atoms with E-state index in [4.69, 9.17) is 35.4 Å². The molecule has 0 fully saturated rings. The van der Waals surface area contributed by atoms with Gasteiger partial charge in [0.15, 0.2) is 5.11 Å². The number of benzene rings is 1. The van der Waals surface area contributed by atoms with Crippen molar-refractivity contribution in [3.05, 3.63) is 45.7 Å². The smallest absolute Gasteiger partial charge is 0.171 e. The Morgan fingerprint density at radius 1 is 1.38 bits per heavy atom. The van der Waals surface area contributed by atoms with Gasteiger partial charge in [0.25, 0.3) is 0 Å². The van der Waals surface area contributed by atoms with Crippen molar-refractivity contribution in [3.63, 3.8) is 0 Å². The minimum atomic E-state index is 0.0386. The molecule has 0 radical (unpaired) electrons. The zero-order valence-corrected chi connectivity index (χ0v) is 14.3. The van der Waals surface area contributed by atoms with Crippen LogP contribution in [0.3, 0.4) is 0 Å². The van der Waals surface area contributed by atoms with Crippen LogP contribution in [0.25, 0.3) is 0 Å². The van der Waals surface area contributed by atoms with Crippen molar-refractivity contribution < 1.29 is 0 Å². The number of nitrogens with zero attached hydrogens (tertiary/aromatic N) is 2. The van der Waals surface area contributed by atoms with Gasteiger partial charge in [0, 0.05) is 23.8 Å². The number of anilines is 1. The van der Waals surface area contributed by atoms with E-state index in [-0.39, 0.29) is 6.04 Å². The van der Waals surface area contributed by atoms with E-state index in [1.54, 1.807) is 22.9 Å². The molecule has 21 heavy (non-hydrogen) atoms. The topological polar surface area (TPSA) is 41.9 Å². The summed E-state index contributed by atoms with van der Waals surface area (Å²) in [6, 6.07) is 5.23. The number of thiocarbonyl (C=S) groups is 1. The molecular weight excluding hydrogens is 327 g/mol. The van der Waals surface area contributed by atoms with Crippen LogP contribution in [0.1, 0.15) is 24.2 Å². The van der Waals surface area contributed by atoms with Crippen LogP contribution in [0.15, 0.2) is 24.4 Å². The second kappa shape index (κ2) is 6.64. The first-order chi connectivity index (χ1) is 9.86. The molecule has 0 bridgehead atoms. The van der Waals surface area contributed by atoms with Crippen molar-refractivity contribution in [1.82, 2.24) is 15.1 Å². The molecule has 0 amide bonds. The Morgan fingerprint density at radius 3 is 2.71 bits per heavy atom. The predicted molar refractivity (Wildman–Crippen MR) is 92.2 cm³/mol. The number of aromatic nitrogens is 2. The van der Waals surface area contributed by atoms with E-state index in [0.29, 0.717) is 20.8 Å². The number of hydrogen-bond donors (Lipinski definition) is 2. The van der Waals surface area contributed by atoms with Crippen LogP contribution in [0, 0.1) is 6.92 Å². The van der Waals surface area contributed by atoms with Crippen molar-refractivity contribution in [2.45, 2.75) is 19.9 Å². The fourth-order valence-electron chi connectivity index (χ4n) is 2.07. The summed E-state index contributed by atoms with van der Waals surface area (Å²) in [5.41, 5.74) is 2.75. The lowest BCUT2D eigenvalue weighted by molar-refractivity contribution is 0.715. The molecule has 2 aromatic rings. The lowest BCUT2D eigenvalue weighted by Gasteiger charge is -2.17. The fraction of sp³-hybridized carbons (Fsp3) is 0.286. The summed E-state index contributed by atoms with van der Waals surface area (Å²) in [4.78, 5) is 0. The molecule has 4 nitrogen and oxygen atoms in total. The third kappa shape index (κ3) is 4.09. The first-order valence-electron chi connectivity index (χ1n) is 6.39. The molecule has 0 aliphatic carbocycles. The zero-order chi connectivity index (χ0) is 15.6. The van der Waals surface area contributed by atoms with Crippen LogP contribution >= 0.6 is 35.4 Å². The normalized spacial score (nSPS) is 12.0. The van der Waals surface area contributed by atoms with Gasteiger partial charge in [0.05, 0.1) is 22.4 Å². The van der Waals surface area contributed by atoms with Crippen LogP contribution < -0.4 is 10.6 Å². The molecule has 2 N–H and O–H groups in total. The highest BCUT2D eigenvalue weighted by Crippen LogP contribution is 2.25. The molecule has 1 aromatic heterocycles. The summed E-state index contributed by atoms with van der Waals surface area (Å²) >= 11 is 17.4. The SMILES string of the molecule is Cc1nn(C)cc1C(C)NC(=S)Nc1cc(Cl)ccc1Cl. The second-order valence-electron chi connectivity index (χ2n) is 4.79. The molecule has 1 unspecified atom stereocenters. The van der Waals surface area contributed by atoms with Gasteiger partial charge in [-0.15, -0.1) is 0 Å². The number of rotatable bonds is 3. The fourth-order valence-corrected chi connectivity index (χ4v) is 2.69. The molecular formula is C14H16Cl2N4S. The van der Waals surface area contributed by atoms with E-state index < -0.39 is 0 Å². The minimum absolute atomic E-state index is 0.0386. The van der Waals surface area contributed by atoms with Crippen molar-refractivity contribution in [3.8, 4) is 0 Å². The van der Waals surface area contributed by atoms with Crippen LogP contribution in [-0.4, -0.2) is 14.9 Å². The summed E-state index contributed by atoms with van der Waals surface area (Å²) in [5.74, 6) is 0. The largest absolute Gasteiger partial charge is 0.356 e. The molecule has 7 heteroatoms. The van der Waals surface area contributed by atoms with E-state index in [2.05, 4.69) is 15.7 Å². The summed E-state index contributed by atoms with van der Waals surface area (Å²) < 4.78 is 1.78. The molecule has 1 aromatic carbocycles. The highest BCUT2D eigenvalue weighted by atomic mass is 35.5. The summed E-state index contributed by atoms with van der Waals surface area (Å²) in [7, 11) is 1.89. The number of nitrogens with one attached hydrogen (secondary N) is 2. The average molecular weight is 343 g/mol. The van der Waals surface area contributed by atoms with Crippen LogP contribution in [0.4, 0.5) is 5.69 Å². The minimum Gasteiger partial charge on any atom is -0.356 e. The van der Waals surface area contributed by atoms with Crippen LogP contribution in [0.2, 0.25) is 10.0 Å². The molecule has 2 rings (SSSR count). The predicted octanol–water partition coefficient (Wildman–Crippen LogP) is 4.08. The Labute approximate surface area is 139 Å². The maximum atomic E-state index is 6.10. The number of halogens is 2. The van der Waals surface area contributed by atoms with Gasteiger partial charge in [0.1, 0.15) is 0 Å². The van der Waals surface area contributed by atoms with Crippen molar-refractivity contribution >= 4 is 46.2 Å². The van der Waals surface area contributed by atoms with Crippen molar-refractivity contribution in [1.29, 1.82) is 0 Å². The van der Waals surface area contributed by atoms with E-state index in [9.17, 15) is 0 Å². The van der Waals surface area contributed by atoms with E-state index in [1.807, 2.05) is 27.1 Å². The van der Waals surface area contributed by atoms with E-state index in [0.717, 1.165) is 11.3 Å². The van der Waals surface area contributed by atoms with Crippen LogP contribution in [-0.2, 0) is 7.05 Å². The molecule has 112 valence electrons. The lowest BCUT2D eigenvalue weighted by atomic mass is 10.1. The molecule has 0 saturated heterocycles. The quantitative estimate of drug-likeness (QED) is 0.824. The molecule has 0 aliphatic heterocycles. The number of aryl methyl sites for hydroxylation is 2. The Morgan fingerprint density at radius 2 is 2.10 bits per heavy atom. The Balaban J connectivity index is 2.04. The molecule has 1 heterocycles. The zero-order valence-electron chi connectivity index (χ0n) is 11.9. The molecule has 0 saturated carbocycles. The molecule has 0 aliphatic rings. The first kappa shape index (κ1) is 16.1. The van der Waals surface area contributed by atoms with Gasteiger partial charge < -0.3 is 10.6 Å². The molecule has 0 spiro atoms. The summed E-state index contributed by atoms with van der Waals surface area (Å²) in [6.07, 6.45) is 1.97. The summed E-state index contributed by atoms with van der Waals surface area (Å²) in [6.45, 7) is 4.00. The third-order valence-electron chi connectivity index (χ3n) is 3.04. The first-order valence-corrected chi connectivity index (χ1v) is 7.56. The highest BCUT2D eigenvalue weighted by Gasteiger charge is 2.13. The van der Waals surface area contributed by atoms with Gasteiger partial charge in [-0.3, -0.25) is 4.68 Å². The van der Waals surface area contributed by atoms with Crippen molar-refractivity contribution in [2.24, 2.45) is 7.05 Å². The van der Waals surface area contributed by atoms with E-state index >= 15 is 0 Å². The lowest BCUT2D eigenvalue weighted by Crippen LogP contribution is -2.31. The average Bonchev–Trinajstić information content (AvgIpc) is 2.73. The van der Waals surface area contributed by atoms with E-state index in [1.165, 1.54) is 0 Å². The maximum absolute atomic E-state index is 6.10. The second-order valence-corrected chi connectivity index (χ2v) is 6.04. The van der Waals surface area contributed by atoms with Gasteiger partial charge in [0.2, 0.25) is 0 Å². The monoisotopic (exact) mass is 342 g/mol. The Hall–Kier alpha value is -1.30. The Bertz CT molecular complexity index is 669. The van der Waals surface area contributed by atoms with Gasteiger partial charge in [-0.25, -0.2) is 0 Å². The van der Waals surface area contributed by atoms with Gasteiger partial charge >= 0.3 is 0 Å². The highest BCUT2D eigenvalue weighted by molar-refractivity contribution is 7.80. The summed E-state index contributed by atoms with van der Waals surface area (Å²) in [5, 5.41) is 12.2.